The maximum absolute atomic E-state index is 11.3. The van der Waals surface area contributed by atoms with E-state index < -0.39 is 5.76 Å². The molecule has 5 nitrogen and oxygen atoms in total. The first kappa shape index (κ1) is 9.21. The Hall–Kier alpha value is -2.35. The minimum atomic E-state index is -0.588. The monoisotopic (exact) mass is 201 g/mol. The zero-order valence-electron chi connectivity index (χ0n) is 7.97. The molecular weight excluding hydrogens is 194 g/mol. The topological polar surface area (TPSA) is 71.8 Å². The molecule has 0 saturated carbocycles. The number of aromatic nitrogens is 2. The minimum absolute atomic E-state index is 0.408. The van der Waals surface area contributed by atoms with Crippen LogP contribution in [0.25, 0.3) is 5.69 Å². The fourth-order valence-electron chi connectivity index (χ4n) is 1.35. The molecule has 0 aliphatic heterocycles. The summed E-state index contributed by atoms with van der Waals surface area (Å²) < 4.78 is 5.76. The van der Waals surface area contributed by atoms with Gasteiger partial charge in [0, 0.05) is 0 Å². The van der Waals surface area contributed by atoms with Crippen molar-refractivity contribution in [1.82, 2.24) is 9.72 Å². The Labute approximate surface area is 85.2 Å². The number of rotatable bonds is 1. The predicted octanol–water partition coefficient (Wildman–Crippen LogP) is 1.01. The normalized spacial score (nSPS) is 9.87. The molecule has 1 heterocycles. The van der Waals surface area contributed by atoms with Crippen LogP contribution in [0.1, 0.15) is 11.4 Å². The quantitative estimate of drug-likeness (QED) is 0.690. The van der Waals surface area contributed by atoms with Gasteiger partial charge in [-0.1, -0.05) is 17.3 Å². The molecule has 0 aliphatic carbocycles. The highest BCUT2D eigenvalue weighted by molar-refractivity contribution is 5.48. The molecule has 0 spiro atoms. The van der Waals surface area contributed by atoms with Crippen LogP contribution >= 0.6 is 0 Å². The zero-order chi connectivity index (χ0) is 10.8. The number of benzene rings is 1. The van der Waals surface area contributed by atoms with Crippen molar-refractivity contribution in [2.24, 2.45) is 0 Å². The van der Waals surface area contributed by atoms with E-state index in [0.717, 1.165) is 0 Å². The van der Waals surface area contributed by atoms with Gasteiger partial charge in [-0.2, -0.15) is 5.26 Å². The SMILES string of the molecule is Cc1noc(=O)n1-c1ccccc1C#N. The summed E-state index contributed by atoms with van der Waals surface area (Å²) in [6.07, 6.45) is 0. The van der Waals surface area contributed by atoms with Gasteiger partial charge in [0.25, 0.3) is 0 Å². The highest BCUT2D eigenvalue weighted by atomic mass is 16.5. The van der Waals surface area contributed by atoms with E-state index >= 15 is 0 Å². The van der Waals surface area contributed by atoms with Gasteiger partial charge in [0.15, 0.2) is 5.82 Å². The molecular formula is C10H7N3O2. The van der Waals surface area contributed by atoms with Crippen LogP contribution in [0, 0.1) is 18.3 Å². The van der Waals surface area contributed by atoms with E-state index in [2.05, 4.69) is 9.68 Å². The fraction of sp³-hybridized carbons (Fsp3) is 0.100. The van der Waals surface area contributed by atoms with Crippen LogP contribution in [0.15, 0.2) is 33.6 Å². The summed E-state index contributed by atoms with van der Waals surface area (Å²) in [5.74, 6) is -0.169. The van der Waals surface area contributed by atoms with Crippen LogP contribution < -0.4 is 5.76 Å². The molecule has 0 aliphatic rings. The van der Waals surface area contributed by atoms with Crippen LogP contribution in [-0.2, 0) is 0 Å². The first-order valence-electron chi connectivity index (χ1n) is 4.29. The summed E-state index contributed by atoms with van der Waals surface area (Å²) in [5.41, 5.74) is 0.898. The van der Waals surface area contributed by atoms with Crippen LogP contribution in [0.3, 0.4) is 0 Å². The molecule has 74 valence electrons. The van der Waals surface area contributed by atoms with Crippen LogP contribution in [0.5, 0.6) is 0 Å². The van der Waals surface area contributed by atoms with E-state index in [-0.39, 0.29) is 0 Å². The summed E-state index contributed by atoms with van der Waals surface area (Å²) in [7, 11) is 0. The highest BCUT2D eigenvalue weighted by Gasteiger charge is 2.11. The number of hydrogen-bond acceptors (Lipinski definition) is 4. The Morgan fingerprint density at radius 3 is 2.80 bits per heavy atom. The van der Waals surface area contributed by atoms with Gasteiger partial charge >= 0.3 is 5.76 Å². The van der Waals surface area contributed by atoms with Gasteiger partial charge in [-0.15, -0.1) is 0 Å². The molecule has 2 aromatic rings. The van der Waals surface area contributed by atoms with Crippen molar-refractivity contribution >= 4 is 0 Å². The lowest BCUT2D eigenvalue weighted by Gasteiger charge is -2.02. The van der Waals surface area contributed by atoms with E-state index in [1.807, 2.05) is 6.07 Å². The molecule has 0 atom stereocenters. The maximum Gasteiger partial charge on any atom is 0.446 e. The summed E-state index contributed by atoms with van der Waals surface area (Å²) in [6.45, 7) is 1.64. The van der Waals surface area contributed by atoms with Crippen LogP contribution in [0.4, 0.5) is 0 Å². The van der Waals surface area contributed by atoms with Crippen molar-refractivity contribution in [3.63, 3.8) is 0 Å². The molecule has 0 saturated heterocycles. The number of para-hydroxylation sites is 1. The summed E-state index contributed by atoms with van der Waals surface area (Å²) in [5, 5.41) is 12.4. The second-order valence-corrected chi connectivity index (χ2v) is 2.96. The highest BCUT2D eigenvalue weighted by Crippen LogP contribution is 2.12. The number of nitriles is 1. The summed E-state index contributed by atoms with van der Waals surface area (Å²) >= 11 is 0. The lowest BCUT2D eigenvalue weighted by Crippen LogP contribution is -2.14. The minimum Gasteiger partial charge on any atom is -0.296 e. The van der Waals surface area contributed by atoms with E-state index in [4.69, 9.17) is 5.26 Å². The van der Waals surface area contributed by atoms with Crippen LogP contribution in [0.2, 0.25) is 0 Å². The van der Waals surface area contributed by atoms with Gasteiger partial charge in [0.1, 0.15) is 6.07 Å². The Morgan fingerprint density at radius 2 is 2.20 bits per heavy atom. The molecule has 15 heavy (non-hydrogen) atoms. The van der Waals surface area contributed by atoms with Crippen molar-refractivity contribution in [2.75, 3.05) is 0 Å². The third-order valence-corrected chi connectivity index (χ3v) is 2.03. The van der Waals surface area contributed by atoms with Gasteiger partial charge < -0.3 is 0 Å². The molecule has 0 radical (unpaired) electrons. The summed E-state index contributed by atoms with van der Waals surface area (Å²) in [4.78, 5) is 11.3. The molecule has 0 fully saturated rings. The molecule has 0 N–H and O–H groups in total. The van der Waals surface area contributed by atoms with Gasteiger partial charge in [-0.3, -0.25) is 4.52 Å². The maximum atomic E-state index is 11.3. The predicted molar refractivity (Wildman–Crippen MR) is 51.6 cm³/mol. The lowest BCUT2D eigenvalue weighted by atomic mass is 10.2. The van der Waals surface area contributed by atoms with E-state index in [1.165, 1.54) is 4.57 Å². The average Bonchev–Trinajstić information content (AvgIpc) is 2.59. The molecule has 2 rings (SSSR count). The molecule has 1 aromatic carbocycles. The molecule has 5 heteroatoms. The van der Waals surface area contributed by atoms with E-state index in [0.29, 0.717) is 17.1 Å². The first-order chi connectivity index (χ1) is 7.24. The van der Waals surface area contributed by atoms with Crippen molar-refractivity contribution in [3.8, 4) is 11.8 Å². The number of aryl methyl sites for hydroxylation is 1. The number of hydrogen-bond donors (Lipinski definition) is 0. The van der Waals surface area contributed by atoms with Crippen LogP contribution in [-0.4, -0.2) is 9.72 Å². The number of nitrogens with zero attached hydrogens (tertiary/aromatic N) is 3. The Balaban J connectivity index is 2.76. The first-order valence-corrected chi connectivity index (χ1v) is 4.29. The lowest BCUT2D eigenvalue weighted by molar-refractivity contribution is 0.380. The van der Waals surface area contributed by atoms with Crippen molar-refractivity contribution in [1.29, 1.82) is 5.26 Å². The largest absolute Gasteiger partial charge is 0.446 e. The van der Waals surface area contributed by atoms with Gasteiger partial charge in [-0.25, -0.2) is 9.36 Å². The van der Waals surface area contributed by atoms with Crippen molar-refractivity contribution in [2.45, 2.75) is 6.92 Å². The zero-order valence-corrected chi connectivity index (χ0v) is 7.97. The Kier molecular flexibility index (Phi) is 2.10. The smallest absolute Gasteiger partial charge is 0.296 e. The van der Waals surface area contributed by atoms with E-state index in [1.54, 1.807) is 31.2 Å². The second-order valence-electron chi connectivity index (χ2n) is 2.96. The van der Waals surface area contributed by atoms with Crippen molar-refractivity contribution < 1.29 is 4.52 Å². The third kappa shape index (κ3) is 1.42. The summed E-state index contributed by atoms with van der Waals surface area (Å²) in [6, 6.07) is 8.79. The van der Waals surface area contributed by atoms with Crippen molar-refractivity contribution in [3.05, 3.63) is 46.2 Å². The fourth-order valence-corrected chi connectivity index (χ4v) is 1.35. The Morgan fingerprint density at radius 1 is 1.47 bits per heavy atom. The molecule has 0 amide bonds. The molecule has 1 aromatic heterocycles. The van der Waals surface area contributed by atoms with Gasteiger partial charge in [0.05, 0.1) is 11.3 Å². The average molecular weight is 201 g/mol. The van der Waals surface area contributed by atoms with Gasteiger partial charge in [0.2, 0.25) is 0 Å². The molecule has 0 unspecified atom stereocenters. The standard InChI is InChI=1S/C10H7N3O2/c1-7-12-15-10(14)13(7)9-5-3-2-4-8(9)6-11/h2-5H,1H3. The second kappa shape index (κ2) is 3.42. The Bertz CT molecular complexity index is 589. The van der Waals surface area contributed by atoms with E-state index in [9.17, 15) is 4.79 Å². The third-order valence-electron chi connectivity index (χ3n) is 2.03. The molecule has 0 bridgehead atoms. The van der Waals surface area contributed by atoms with Gasteiger partial charge in [-0.05, 0) is 19.1 Å².